The number of carbonyl (C=O) groups is 1. The predicted molar refractivity (Wildman–Crippen MR) is 114 cm³/mol. The second kappa shape index (κ2) is 10.9. The number of carbonyl (C=O) groups excluding carboxylic acids is 1. The summed E-state index contributed by atoms with van der Waals surface area (Å²) in [5, 5.41) is 14.3. The highest BCUT2D eigenvalue weighted by Crippen LogP contribution is 2.14. The molecule has 8 nitrogen and oxygen atoms in total. The Balaban J connectivity index is 1.35. The molecule has 0 atom stereocenters. The number of hydrogen-bond acceptors (Lipinski definition) is 7. The zero-order valence-corrected chi connectivity index (χ0v) is 16.8. The average molecular weight is 411 g/mol. The quantitative estimate of drug-likeness (QED) is 0.270. The number of rotatable bonds is 10. The summed E-state index contributed by atoms with van der Waals surface area (Å²) in [4.78, 5) is 16.2. The van der Waals surface area contributed by atoms with E-state index in [-0.39, 0.29) is 11.7 Å². The number of benzene rings is 2. The van der Waals surface area contributed by atoms with E-state index in [2.05, 4.69) is 31.0 Å². The van der Waals surface area contributed by atoms with Crippen LogP contribution in [0.25, 0.3) is 0 Å². The number of hydrogen-bond donors (Lipinski definition) is 3. The first-order valence-electron chi connectivity index (χ1n) is 9.02. The topological polar surface area (TPSA) is 104 Å². The highest BCUT2D eigenvalue weighted by molar-refractivity contribution is 7.99. The van der Waals surface area contributed by atoms with Gasteiger partial charge in [-0.05, 0) is 29.7 Å². The van der Waals surface area contributed by atoms with Crippen LogP contribution < -0.4 is 15.5 Å². The molecule has 150 valence electrons. The van der Waals surface area contributed by atoms with Crippen LogP contribution in [0.5, 0.6) is 5.75 Å². The van der Waals surface area contributed by atoms with E-state index in [1.54, 1.807) is 13.3 Å². The molecule has 0 unspecified atom stereocenters. The van der Waals surface area contributed by atoms with E-state index in [1.807, 2.05) is 54.6 Å². The Hall–Kier alpha value is -3.33. The van der Waals surface area contributed by atoms with E-state index in [0.29, 0.717) is 17.6 Å². The Morgan fingerprint density at radius 1 is 1.21 bits per heavy atom. The number of aromatic nitrogens is 3. The van der Waals surface area contributed by atoms with Crippen molar-refractivity contribution in [3.63, 3.8) is 0 Å². The summed E-state index contributed by atoms with van der Waals surface area (Å²) in [6.45, 7) is 0.570. The molecule has 0 aliphatic rings. The van der Waals surface area contributed by atoms with Gasteiger partial charge in [-0.15, -0.1) is 5.10 Å². The van der Waals surface area contributed by atoms with E-state index in [9.17, 15) is 4.79 Å². The van der Waals surface area contributed by atoms with Gasteiger partial charge in [0, 0.05) is 6.54 Å². The number of anilines is 1. The summed E-state index contributed by atoms with van der Waals surface area (Å²) in [6.07, 6.45) is 2.44. The van der Waals surface area contributed by atoms with Gasteiger partial charge in [0.1, 0.15) is 5.75 Å². The van der Waals surface area contributed by atoms with Crippen LogP contribution in [-0.2, 0) is 11.2 Å². The summed E-state index contributed by atoms with van der Waals surface area (Å²) in [7, 11) is 1.64. The van der Waals surface area contributed by atoms with Crippen molar-refractivity contribution in [3.8, 4) is 5.75 Å². The lowest BCUT2D eigenvalue weighted by molar-refractivity contribution is -0.118. The smallest absolute Gasteiger partial charge is 0.240 e. The monoisotopic (exact) mass is 410 g/mol. The zero-order valence-electron chi connectivity index (χ0n) is 16.0. The summed E-state index contributed by atoms with van der Waals surface area (Å²) in [5.74, 6) is 1.41. The number of amides is 1. The summed E-state index contributed by atoms with van der Waals surface area (Å²) < 4.78 is 5.13. The van der Waals surface area contributed by atoms with Crippen molar-refractivity contribution >= 4 is 29.8 Å². The Morgan fingerprint density at radius 3 is 2.76 bits per heavy atom. The molecule has 9 heteroatoms. The highest BCUT2D eigenvalue weighted by Gasteiger charge is 2.07. The van der Waals surface area contributed by atoms with Gasteiger partial charge in [0.05, 0.1) is 19.1 Å². The molecular formula is C20H22N6O2S. The van der Waals surface area contributed by atoms with Crippen LogP contribution in [0, 0.1) is 0 Å². The van der Waals surface area contributed by atoms with Crippen LogP contribution in [0.15, 0.2) is 64.9 Å². The van der Waals surface area contributed by atoms with Crippen molar-refractivity contribution in [1.82, 2.24) is 20.5 Å². The van der Waals surface area contributed by atoms with Crippen LogP contribution in [0.4, 0.5) is 5.95 Å². The predicted octanol–water partition coefficient (Wildman–Crippen LogP) is 2.71. The Morgan fingerprint density at radius 2 is 2.00 bits per heavy atom. The van der Waals surface area contributed by atoms with E-state index in [0.717, 1.165) is 23.3 Å². The van der Waals surface area contributed by atoms with Gasteiger partial charge >= 0.3 is 0 Å². The number of methoxy groups -OCH3 is 1. The Bertz CT molecular complexity index is 928. The first kappa shape index (κ1) is 20.4. The fourth-order valence-corrected chi connectivity index (χ4v) is 3.02. The van der Waals surface area contributed by atoms with Gasteiger partial charge < -0.3 is 10.1 Å². The molecule has 0 bridgehead atoms. The molecule has 0 aliphatic carbocycles. The second-order valence-corrected chi connectivity index (χ2v) is 6.93. The van der Waals surface area contributed by atoms with Crippen LogP contribution in [0.1, 0.15) is 11.1 Å². The summed E-state index contributed by atoms with van der Waals surface area (Å²) in [6, 6.07) is 17.5. The molecular weight excluding hydrogens is 388 g/mol. The molecule has 0 saturated carbocycles. The molecule has 0 spiro atoms. The van der Waals surface area contributed by atoms with Crippen molar-refractivity contribution in [1.29, 1.82) is 0 Å². The lowest BCUT2D eigenvalue weighted by atomic mass is 10.1. The first-order chi connectivity index (χ1) is 14.2. The third-order valence-corrected chi connectivity index (χ3v) is 4.72. The molecule has 1 heterocycles. The van der Waals surface area contributed by atoms with Gasteiger partial charge in [0.2, 0.25) is 17.0 Å². The van der Waals surface area contributed by atoms with Crippen LogP contribution in [0.3, 0.4) is 0 Å². The number of nitrogens with zero attached hydrogens (tertiary/aromatic N) is 3. The van der Waals surface area contributed by atoms with Crippen molar-refractivity contribution < 1.29 is 9.53 Å². The molecule has 0 saturated heterocycles. The summed E-state index contributed by atoms with van der Waals surface area (Å²) >= 11 is 1.26. The minimum atomic E-state index is -0.0649. The highest BCUT2D eigenvalue weighted by atomic mass is 32.2. The SMILES string of the molecule is COc1ccc(CCNC(=O)CSc2n[nH]c(N/N=C\c3ccccc3)n2)cc1. The van der Waals surface area contributed by atoms with Gasteiger partial charge in [0.25, 0.3) is 0 Å². The fraction of sp³-hybridized carbons (Fsp3) is 0.200. The third-order valence-electron chi connectivity index (χ3n) is 3.88. The maximum atomic E-state index is 12.0. The average Bonchev–Trinajstić information content (AvgIpc) is 3.21. The Labute approximate surface area is 173 Å². The molecule has 3 rings (SSSR count). The van der Waals surface area contributed by atoms with Gasteiger partial charge in [-0.3, -0.25) is 4.79 Å². The van der Waals surface area contributed by atoms with Crippen molar-refractivity contribution in [2.24, 2.45) is 5.10 Å². The third kappa shape index (κ3) is 6.96. The number of H-pyrrole nitrogens is 1. The minimum absolute atomic E-state index is 0.0649. The van der Waals surface area contributed by atoms with E-state index >= 15 is 0 Å². The molecule has 0 radical (unpaired) electrons. The Kier molecular flexibility index (Phi) is 7.64. The van der Waals surface area contributed by atoms with Crippen LogP contribution in [-0.4, -0.2) is 46.7 Å². The largest absolute Gasteiger partial charge is 0.497 e. The molecule has 29 heavy (non-hydrogen) atoms. The number of aromatic amines is 1. The molecule has 2 aromatic carbocycles. The summed E-state index contributed by atoms with van der Waals surface area (Å²) in [5.41, 5.74) is 4.89. The van der Waals surface area contributed by atoms with Gasteiger partial charge in [-0.2, -0.15) is 10.1 Å². The molecule has 3 aromatic rings. The molecule has 1 amide bonds. The number of hydrazone groups is 1. The van der Waals surface area contributed by atoms with Crippen LogP contribution >= 0.6 is 11.8 Å². The van der Waals surface area contributed by atoms with Crippen molar-refractivity contribution in [2.75, 3.05) is 24.8 Å². The molecule has 0 fully saturated rings. The number of thioether (sulfide) groups is 1. The lowest BCUT2D eigenvalue weighted by Crippen LogP contribution is -2.27. The molecule has 3 N–H and O–H groups in total. The standard InChI is InChI=1S/C20H22N6O2S/c1-28-17-9-7-15(8-10-17)11-12-21-18(27)14-29-20-23-19(25-26-20)24-22-13-16-5-3-2-4-6-16/h2-10,13H,11-12,14H2,1H3,(H,21,27)(H2,23,24,25,26)/b22-13-. The second-order valence-electron chi connectivity index (χ2n) is 5.98. The molecule has 0 aliphatic heterocycles. The van der Waals surface area contributed by atoms with E-state index < -0.39 is 0 Å². The fourth-order valence-electron chi connectivity index (χ4n) is 2.39. The van der Waals surface area contributed by atoms with Gasteiger partial charge in [-0.1, -0.05) is 54.2 Å². The first-order valence-corrected chi connectivity index (χ1v) is 10.0. The maximum Gasteiger partial charge on any atom is 0.240 e. The zero-order chi connectivity index (χ0) is 20.3. The van der Waals surface area contributed by atoms with Crippen molar-refractivity contribution in [3.05, 3.63) is 65.7 Å². The number of nitrogens with one attached hydrogen (secondary N) is 3. The van der Waals surface area contributed by atoms with Gasteiger partial charge in [-0.25, -0.2) is 10.5 Å². The van der Waals surface area contributed by atoms with E-state index in [4.69, 9.17) is 4.74 Å². The maximum absolute atomic E-state index is 12.0. The van der Waals surface area contributed by atoms with E-state index in [1.165, 1.54) is 11.8 Å². The van der Waals surface area contributed by atoms with Crippen molar-refractivity contribution in [2.45, 2.75) is 11.6 Å². The van der Waals surface area contributed by atoms with Crippen LogP contribution in [0.2, 0.25) is 0 Å². The van der Waals surface area contributed by atoms with Gasteiger partial charge in [0.15, 0.2) is 0 Å². The number of ether oxygens (including phenoxy) is 1. The molecule has 1 aromatic heterocycles. The minimum Gasteiger partial charge on any atom is -0.497 e. The lowest BCUT2D eigenvalue weighted by Gasteiger charge is -2.05. The normalized spacial score (nSPS) is 10.8.